The van der Waals surface area contributed by atoms with Crippen LogP contribution in [-0.2, 0) is 75.1 Å². The Hall–Kier alpha value is -9.73. The fourth-order valence-electron chi connectivity index (χ4n) is 12.2. The van der Waals surface area contributed by atoms with E-state index in [1.165, 1.54) is 39.5 Å². The molecule has 0 spiro atoms. The number of hydrogen-bond donors (Lipinski definition) is 12. The molecule has 105 heavy (non-hydrogen) atoms. The Morgan fingerprint density at radius 2 is 1.08 bits per heavy atom. The number of ether oxygens (including phenoxy) is 2. The third-order valence-electron chi connectivity index (χ3n) is 17.3. The summed E-state index contributed by atoms with van der Waals surface area (Å²) < 4.78 is 8.47. The Kier molecular flexibility index (Phi) is 31.2. The van der Waals surface area contributed by atoms with Crippen LogP contribution < -0.4 is 58.3 Å². The molecule has 25 nitrogen and oxygen atoms in total. The fraction of sp³-hybridized carbons (Fsp3) is 0.449. The molecule has 0 unspecified atom stereocenters. The highest BCUT2D eigenvalue weighted by Crippen LogP contribution is 2.54. The number of carbonyl (C=O) groups is 11. The monoisotopic (exact) mass is 1480 g/mol. The van der Waals surface area contributed by atoms with Gasteiger partial charge in [0.2, 0.25) is 59.1 Å². The van der Waals surface area contributed by atoms with Crippen LogP contribution in [0.1, 0.15) is 149 Å². The number of aryl methyl sites for hydroxylation is 1. The molecule has 0 aliphatic carbocycles. The van der Waals surface area contributed by atoms with Crippen molar-refractivity contribution in [2.24, 2.45) is 5.73 Å². The summed E-state index contributed by atoms with van der Waals surface area (Å²) in [5, 5.41) is 35.9. The summed E-state index contributed by atoms with van der Waals surface area (Å²) in [6.45, 7) is 21.8. The smallest absolute Gasteiger partial charge is 0.326 e. The van der Waals surface area contributed by atoms with E-state index in [1.54, 1.807) is 78.9 Å². The SMILES string of the molecule is CCCOc1ccc(C[C@H](NC(=O)[C@@H](NC(=O)[C@H](CCCCNC(C)=O)NC(=O)[C@H](Cc2c[nH]c3c(C)cccc23)NC(=O)[C@@H](NC(=O)[C@H](CC(N)=O)NC(=O)[C@@H](NC(C)=O)C(C)(C)SC(c2ccccc2)(c2ccccc2)c2ccccc2)[C@@H](C)OC(C)(C)C)C(C)(C)SCNC(C)=O)C(=O)O)cc1. The third kappa shape index (κ3) is 25.0. The first-order valence-corrected chi connectivity index (χ1v) is 36.9. The molecular weight excluding hydrogens is 1380 g/mol. The van der Waals surface area contributed by atoms with Crippen molar-refractivity contribution in [1.82, 2.24) is 52.8 Å². The number of amides is 10. The van der Waals surface area contributed by atoms with Gasteiger partial charge in [-0.1, -0.05) is 128 Å². The van der Waals surface area contributed by atoms with E-state index < -0.39 is 128 Å². The highest BCUT2D eigenvalue weighted by molar-refractivity contribution is 8.02. The van der Waals surface area contributed by atoms with Crippen molar-refractivity contribution in [3.63, 3.8) is 0 Å². The first kappa shape index (κ1) is 84.2. The third-order valence-corrected chi connectivity index (χ3v) is 20.4. The molecule has 13 N–H and O–H groups in total. The van der Waals surface area contributed by atoms with Crippen LogP contribution in [0.3, 0.4) is 0 Å². The van der Waals surface area contributed by atoms with Gasteiger partial charge in [-0.25, -0.2) is 4.79 Å². The second-order valence-electron chi connectivity index (χ2n) is 28.1. The van der Waals surface area contributed by atoms with Gasteiger partial charge >= 0.3 is 5.97 Å². The second kappa shape index (κ2) is 38.9. The van der Waals surface area contributed by atoms with Gasteiger partial charge in [-0.3, -0.25) is 47.9 Å². The van der Waals surface area contributed by atoms with E-state index in [4.69, 9.17) is 15.2 Å². The van der Waals surface area contributed by atoms with E-state index in [1.807, 2.05) is 123 Å². The van der Waals surface area contributed by atoms with E-state index in [9.17, 15) is 33.9 Å². The number of aliphatic carboxylic acids is 1. The predicted molar refractivity (Wildman–Crippen MR) is 407 cm³/mol. The van der Waals surface area contributed by atoms with E-state index in [2.05, 4.69) is 52.8 Å². The first-order chi connectivity index (χ1) is 49.5. The van der Waals surface area contributed by atoms with Crippen LogP contribution in [0.5, 0.6) is 5.75 Å². The van der Waals surface area contributed by atoms with Gasteiger partial charge in [0.15, 0.2) is 0 Å². The van der Waals surface area contributed by atoms with Crippen molar-refractivity contribution in [3.8, 4) is 5.75 Å². The van der Waals surface area contributed by atoms with Gasteiger partial charge in [-0.2, -0.15) is 0 Å². The number of fused-ring (bicyclic) bond motifs is 1. The normalized spacial score (nSPS) is 14.1. The van der Waals surface area contributed by atoms with Crippen LogP contribution in [0.25, 0.3) is 10.9 Å². The lowest BCUT2D eigenvalue weighted by molar-refractivity contribution is -0.142. The highest BCUT2D eigenvalue weighted by Gasteiger charge is 2.49. The van der Waals surface area contributed by atoms with Crippen molar-refractivity contribution in [2.45, 2.75) is 203 Å². The topological polar surface area (TPSA) is 377 Å². The molecular formula is C78H103N11O14S2. The number of carbonyl (C=O) groups excluding carboxylic acids is 10. The zero-order valence-corrected chi connectivity index (χ0v) is 63.8. The van der Waals surface area contributed by atoms with Crippen molar-refractivity contribution in [1.29, 1.82) is 0 Å². The lowest BCUT2D eigenvalue weighted by atomic mass is 9.84. The number of H-pyrrole nitrogens is 1. The molecule has 0 saturated heterocycles. The quantitative estimate of drug-likeness (QED) is 0.0104. The Morgan fingerprint density at radius 1 is 0.552 bits per heavy atom. The Bertz CT molecular complexity index is 3870. The molecule has 0 radical (unpaired) electrons. The average molecular weight is 1480 g/mol. The number of para-hydroxylation sites is 1. The summed E-state index contributed by atoms with van der Waals surface area (Å²) in [4.78, 5) is 158. The lowest BCUT2D eigenvalue weighted by Gasteiger charge is -2.44. The summed E-state index contributed by atoms with van der Waals surface area (Å²) in [6, 6.07) is 30.2. The summed E-state index contributed by atoms with van der Waals surface area (Å²) in [7, 11) is 0. The molecule has 0 aliphatic heterocycles. The fourth-order valence-corrected chi connectivity index (χ4v) is 15.0. The maximum absolute atomic E-state index is 15.5. The van der Waals surface area contributed by atoms with Gasteiger partial charge in [0.05, 0.1) is 35.4 Å². The minimum absolute atomic E-state index is 0.0337. The van der Waals surface area contributed by atoms with Crippen molar-refractivity contribution >= 4 is 99.5 Å². The Labute approximate surface area is 623 Å². The molecule has 6 aromatic rings. The molecule has 8 atom stereocenters. The van der Waals surface area contributed by atoms with Crippen molar-refractivity contribution in [3.05, 3.63) is 173 Å². The number of carboxylic acids is 1. The zero-order chi connectivity index (χ0) is 77.4. The number of thioether (sulfide) groups is 2. The molecule has 6 rings (SSSR count). The molecule has 0 bridgehead atoms. The number of aromatic amines is 1. The van der Waals surface area contributed by atoms with Crippen LogP contribution >= 0.6 is 23.5 Å². The molecule has 0 saturated carbocycles. The molecule has 0 aliphatic rings. The van der Waals surface area contributed by atoms with E-state index in [-0.39, 0.29) is 49.9 Å². The van der Waals surface area contributed by atoms with Crippen LogP contribution in [0.4, 0.5) is 0 Å². The summed E-state index contributed by atoms with van der Waals surface area (Å²) in [5.41, 5.74) is 10.1. The number of nitrogens with two attached hydrogens (primary N) is 1. The van der Waals surface area contributed by atoms with Gasteiger partial charge in [-0.05, 0) is 134 Å². The first-order valence-electron chi connectivity index (χ1n) is 35.1. The molecule has 10 amide bonds. The minimum Gasteiger partial charge on any atom is -0.494 e. The average Bonchev–Trinajstić information content (AvgIpc) is 1.30. The maximum Gasteiger partial charge on any atom is 0.326 e. The summed E-state index contributed by atoms with van der Waals surface area (Å²) >= 11 is 2.46. The standard InChI is InChI=1S/C78H103N11O14S2/c1-14-41-102-57-38-36-52(37-39-57)42-62(74(100)101)87-72(98)66(76(10,11)104-46-82-50(5)91)89-68(94)59(35-24-25-40-80-49(4)90)84-69(95)60(43-53-45-81-64-47(2)27-26-34-58(53)64)85-71(97)65(48(3)103-75(7,8)9)88-70(96)61(44-63(79)93)86-73(99)67(83-51(6)92)77(12,13)105-78(54-28-18-15-19-29-54,55-30-20-16-21-31-55)56-32-22-17-23-33-56/h15-23,26-34,36-39,45,48,59-62,65-67,81H,14,24-25,35,40-44,46H2,1-13H3,(H2,79,93)(H,80,90)(H,82,91)(H,83,92)(H,84,95)(H,85,97)(H,86,99)(H,87,98)(H,88,96)(H,89,94)(H,100,101)/t48-,59+,60+,61+,62+,65+,66-,67-/m1/s1. The van der Waals surface area contributed by atoms with Crippen LogP contribution in [0.15, 0.2) is 140 Å². The molecule has 1 aromatic heterocycles. The molecule has 0 fully saturated rings. The number of unbranched alkanes of at least 4 members (excludes halogenated alkanes) is 1. The predicted octanol–water partition coefficient (Wildman–Crippen LogP) is 7.04. The van der Waals surface area contributed by atoms with Crippen molar-refractivity contribution in [2.75, 3.05) is 19.0 Å². The second-order valence-corrected chi connectivity index (χ2v) is 31.5. The number of primary amides is 1. The van der Waals surface area contributed by atoms with Gasteiger partial charge < -0.3 is 73.1 Å². The van der Waals surface area contributed by atoms with E-state index >= 15 is 24.0 Å². The number of benzene rings is 5. The van der Waals surface area contributed by atoms with E-state index in [0.717, 1.165) is 46.0 Å². The molecule has 1 heterocycles. The van der Waals surface area contributed by atoms with Crippen LogP contribution in [-0.4, -0.2) is 158 Å². The number of rotatable bonds is 40. The van der Waals surface area contributed by atoms with Gasteiger partial charge in [0, 0.05) is 66.8 Å². The van der Waals surface area contributed by atoms with Gasteiger partial charge in [0.25, 0.3) is 0 Å². The van der Waals surface area contributed by atoms with Gasteiger partial charge in [-0.15, -0.1) is 23.5 Å². The zero-order valence-electron chi connectivity index (χ0n) is 62.1. The van der Waals surface area contributed by atoms with Crippen molar-refractivity contribution < 1.29 is 67.3 Å². The number of nitrogens with one attached hydrogen (secondary N) is 10. The van der Waals surface area contributed by atoms with Crippen LogP contribution in [0.2, 0.25) is 0 Å². The largest absolute Gasteiger partial charge is 0.494 e. The lowest BCUT2D eigenvalue weighted by Crippen LogP contribution is -2.64. The summed E-state index contributed by atoms with van der Waals surface area (Å²) in [6.07, 6.45) is 0.416. The molecule has 27 heteroatoms. The van der Waals surface area contributed by atoms with Crippen LogP contribution in [0, 0.1) is 6.92 Å². The highest BCUT2D eigenvalue weighted by atomic mass is 32.2. The number of aromatic nitrogens is 1. The molecule has 566 valence electrons. The Morgan fingerprint density at radius 3 is 1.60 bits per heavy atom. The summed E-state index contributed by atoms with van der Waals surface area (Å²) in [5.74, 6) is -8.81. The number of hydrogen-bond acceptors (Lipinski definition) is 15. The number of carboxylic acid groups (broad SMARTS) is 1. The minimum atomic E-state index is -1.79. The van der Waals surface area contributed by atoms with Gasteiger partial charge in [0.1, 0.15) is 48.0 Å². The maximum atomic E-state index is 15.5. The Balaban J connectivity index is 1.38. The van der Waals surface area contributed by atoms with E-state index in [0.29, 0.717) is 35.3 Å². The molecule has 5 aromatic carbocycles.